The van der Waals surface area contributed by atoms with Gasteiger partial charge in [0.05, 0.1) is 6.54 Å². The summed E-state index contributed by atoms with van der Waals surface area (Å²) in [7, 11) is 1.72. The van der Waals surface area contributed by atoms with Crippen molar-refractivity contribution in [3.63, 3.8) is 0 Å². The molecule has 140 valence electrons. The van der Waals surface area contributed by atoms with Crippen molar-refractivity contribution in [3.05, 3.63) is 52.2 Å². The summed E-state index contributed by atoms with van der Waals surface area (Å²) in [5.74, 6) is 0.739. The number of carbonyl (C=O) groups excluding carboxylic acids is 1. The van der Waals surface area contributed by atoms with E-state index in [1.807, 2.05) is 23.1 Å². The normalized spacial score (nSPS) is 13.6. The standard InChI is InChI=1S/C19H24N4OS.HI/c1-20-19(21-11-10-16-8-5-13-25-16)22-14-18(24)23-12-4-7-15-6-2-3-9-17(15)23;/h2-3,5-6,8-9,13H,4,7,10-12,14H2,1H3,(H2,20,21,22);1H. The lowest BCUT2D eigenvalue weighted by molar-refractivity contribution is -0.117. The molecule has 3 rings (SSSR count). The number of hydrogen-bond donors (Lipinski definition) is 2. The van der Waals surface area contributed by atoms with E-state index in [4.69, 9.17) is 0 Å². The van der Waals surface area contributed by atoms with Crippen LogP contribution in [0.5, 0.6) is 0 Å². The zero-order valence-electron chi connectivity index (χ0n) is 14.9. The Morgan fingerprint density at radius 2 is 2.08 bits per heavy atom. The van der Waals surface area contributed by atoms with Gasteiger partial charge in [0.2, 0.25) is 5.91 Å². The monoisotopic (exact) mass is 484 g/mol. The Balaban J connectivity index is 0.00000243. The molecular formula is C19H25IN4OS. The summed E-state index contributed by atoms with van der Waals surface area (Å²) in [5, 5.41) is 8.47. The predicted molar refractivity (Wildman–Crippen MR) is 120 cm³/mol. The first kappa shape index (κ1) is 20.7. The van der Waals surface area contributed by atoms with E-state index in [0.29, 0.717) is 5.96 Å². The number of rotatable bonds is 5. The lowest BCUT2D eigenvalue weighted by Gasteiger charge is -2.29. The van der Waals surface area contributed by atoms with Crippen LogP contribution >= 0.6 is 35.3 Å². The summed E-state index contributed by atoms with van der Waals surface area (Å²) >= 11 is 1.75. The molecule has 5 nitrogen and oxygen atoms in total. The van der Waals surface area contributed by atoms with E-state index >= 15 is 0 Å². The molecule has 1 aromatic carbocycles. The third-order valence-electron chi connectivity index (χ3n) is 4.29. The third-order valence-corrected chi connectivity index (χ3v) is 5.22. The summed E-state index contributed by atoms with van der Waals surface area (Å²) in [4.78, 5) is 20.0. The maximum absolute atomic E-state index is 12.6. The highest BCUT2D eigenvalue weighted by Crippen LogP contribution is 2.26. The van der Waals surface area contributed by atoms with Crippen LogP contribution in [-0.2, 0) is 17.6 Å². The Bertz CT molecular complexity index is 733. The number of amides is 1. The van der Waals surface area contributed by atoms with Crippen LogP contribution in [0.1, 0.15) is 16.9 Å². The minimum atomic E-state index is 0. The van der Waals surface area contributed by atoms with Crippen LogP contribution in [0.15, 0.2) is 46.8 Å². The Morgan fingerprint density at radius 1 is 1.23 bits per heavy atom. The van der Waals surface area contributed by atoms with Crippen LogP contribution in [0.25, 0.3) is 0 Å². The number of carbonyl (C=O) groups is 1. The van der Waals surface area contributed by atoms with Gasteiger partial charge in [-0.2, -0.15) is 0 Å². The van der Waals surface area contributed by atoms with Gasteiger partial charge in [-0.3, -0.25) is 9.79 Å². The summed E-state index contributed by atoms with van der Waals surface area (Å²) in [6, 6.07) is 12.3. The Kier molecular flexibility index (Phi) is 8.37. The first-order valence-electron chi connectivity index (χ1n) is 8.63. The molecule has 26 heavy (non-hydrogen) atoms. The summed E-state index contributed by atoms with van der Waals surface area (Å²) in [6.45, 7) is 1.82. The second-order valence-corrected chi connectivity index (χ2v) is 6.99. The van der Waals surface area contributed by atoms with E-state index in [1.165, 1.54) is 10.4 Å². The zero-order chi connectivity index (χ0) is 17.5. The number of nitrogens with one attached hydrogen (secondary N) is 2. The largest absolute Gasteiger partial charge is 0.356 e. The second-order valence-electron chi connectivity index (χ2n) is 5.96. The van der Waals surface area contributed by atoms with E-state index in [-0.39, 0.29) is 36.4 Å². The number of halogens is 1. The first-order chi connectivity index (χ1) is 12.3. The van der Waals surface area contributed by atoms with Crippen LogP contribution in [0, 0.1) is 0 Å². The number of nitrogens with zero attached hydrogens (tertiary/aromatic N) is 2. The molecule has 1 aromatic heterocycles. The molecule has 0 saturated heterocycles. The molecule has 0 unspecified atom stereocenters. The Hall–Kier alpha value is -1.61. The van der Waals surface area contributed by atoms with Crippen molar-refractivity contribution in [2.24, 2.45) is 4.99 Å². The fourth-order valence-electron chi connectivity index (χ4n) is 3.03. The van der Waals surface area contributed by atoms with Gasteiger partial charge in [-0.15, -0.1) is 35.3 Å². The second kappa shape index (κ2) is 10.5. The molecule has 0 fully saturated rings. The van der Waals surface area contributed by atoms with Gasteiger partial charge in [-0.25, -0.2) is 0 Å². The van der Waals surface area contributed by atoms with Crippen LogP contribution < -0.4 is 15.5 Å². The van der Waals surface area contributed by atoms with E-state index in [2.05, 4.69) is 39.2 Å². The molecular weight excluding hydrogens is 459 g/mol. The van der Waals surface area contributed by atoms with Gasteiger partial charge in [-0.1, -0.05) is 24.3 Å². The molecule has 0 bridgehead atoms. The molecule has 1 aliphatic heterocycles. The summed E-state index contributed by atoms with van der Waals surface area (Å²) in [6.07, 6.45) is 3.00. The van der Waals surface area contributed by atoms with E-state index in [0.717, 1.165) is 38.0 Å². The van der Waals surface area contributed by atoms with E-state index < -0.39 is 0 Å². The number of anilines is 1. The van der Waals surface area contributed by atoms with Crippen molar-refractivity contribution in [2.45, 2.75) is 19.3 Å². The molecule has 7 heteroatoms. The van der Waals surface area contributed by atoms with Gasteiger partial charge >= 0.3 is 0 Å². The number of guanidine groups is 1. The maximum atomic E-state index is 12.6. The fraction of sp³-hybridized carbons (Fsp3) is 0.368. The zero-order valence-corrected chi connectivity index (χ0v) is 18.1. The third kappa shape index (κ3) is 5.44. The smallest absolute Gasteiger partial charge is 0.246 e. The SMILES string of the molecule is CN=C(NCCc1cccs1)NCC(=O)N1CCCc2ccccc21.I. The van der Waals surface area contributed by atoms with Gasteiger partial charge in [-0.05, 0) is 42.3 Å². The number of thiophene rings is 1. The highest BCUT2D eigenvalue weighted by Gasteiger charge is 2.21. The molecule has 0 spiro atoms. The molecule has 2 aromatic rings. The minimum absolute atomic E-state index is 0. The predicted octanol–water partition coefficient (Wildman–Crippen LogP) is 3.05. The Morgan fingerprint density at radius 3 is 2.85 bits per heavy atom. The lowest BCUT2D eigenvalue weighted by Crippen LogP contribution is -2.46. The van der Waals surface area contributed by atoms with Gasteiger partial charge in [0.15, 0.2) is 5.96 Å². The topological polar surface area (TPSA) is 56.7 Å². The Labute approximate surface area is 175 Å². The number of hydrogen-bond acceptors (Lipinski definition) is 3. The highest BCUT2D eigenvalue weighted by molar-refractivity contribution is 14.0. The van der Waals surface area contributed by atoms with Gasteiger partial charge in [0.1, 0.15) is 0 Å². The number of para-hydroxylation sites is 1. The van der Waals surface area contributed by atoms with Crippen molar-refractivity contribution in [2.75, 3.05) is 31.6 Å². The molecule has 2 N–H and O–H groups in total. The molecule has 0 atom stereocenters. The van der Waals surface area contributed by atoms with Gasteiger partial charge < -0.3 is 15.5 Å². The van der Waals surface area contributed by atoms with Crippen LogP contribution in [0.2, 0.25) is 0 Å². The molecule has 0 aliphatic carbocycles. The molecule has 1 aliphatic rings. The van der Waals surface area contributed by atoms with Crippen LogP contribution in [0.3, 0.4) is 0 Å². The minimum Gasteiger partial charge on any atom is -0.356 e. The first-order valence-corrected chi connectivity index (χ1v) is 9.51. The van der Waals surface area contributed by atoms with Crippen molar-refractivity contribution < 1.29 is 4.79 Å². The van der Waals surface area contributed by atoms with Crippen LogP contribution in [-0.4, -0.2) is 38.5 Å². The quantitative estimate of drug-likeness (QED) is 0.390. The summed E-state index contributed by atoms with van der Waals surface area (Å²) in [5.41, 5.74) is 2.29. The van der Waals surface area contributed by atoms with Crippen molar-refractivity contribution >= 4 is 52.9 Å². The molecule has 0 radical (unpaired) electrons. The molecule has 0 saturated carbocycles. The van der Waals surface area contributed by atoms with Crippen molar-refractivity contribution in [1.29, 1.82) is 0 Å². The van der Waals surface area contributed by atoms with Gasteiger partial charge in [0, 0.05) is 30.7 Å². The van der Waals surface area contributed by atoms with Crippen molar-refractivity contribution in [1.82, 2.24) is 10.6 Å². The molecule has 2 heterocycles. The number of aliphatic imine (C=N–C) groups is 1. The number of aryl methyl sites for hydroxylation is 1. The number of fused-ring (bicyclic) bond motifs is 1. The fourth-order valence-corrected chi connectivity index (χ4v) is 3.74. The van der Waals surface area contributed by atoms with E-state index in [1.54, 1.807) is 18.4 Å². The maximum Gasteiger partial charge on any atom is 0.246 e. The highest BCUT2D eigenvalue weighted by atomic mass is 127. The average molecular weight is 484 g/mol. The molecule has 1 amide bonds. The van der Waals surface area contributed by atoms with Gasteiger partial charge in [0.25, 0.3) is 0 Å². The number of benzene rings is 1. The lowest BCUT2D eigenvalue weighted by atomic mass is 10.0. The summed E-state index contributed by atoms with van der Waals surface area (Å²) < 4.78 is 0. The van der Waals surface area contributed by atoms with E-state index in [9.17, 15) is 4.79 Å². The van der Waals surface area contributed by atoms with Crippen LogP contribution in [0.4, 0.5) is 5.69 Å². The average Bonchev–Trinajstić information content (AvgIpc) is 3.17. The van der Waals surface area contributed by atoms with Crippen molar-refractivity contribution in [3.8, 4) is 0 Å².